The number of anilines is 1. The Bertz CT molecular complexity index is 1050. The van der Waals surface area contributed by atoms with Gasteiger partial charge in [-0.2, -0.15) is 0 Å². The molecule has 0 aliphatic carbocycles. The molecule has 2 aromatic carbocycles. The molecule has 1 N–H and O–H groups in total. The number of hydrogen-bond donors (Lipinski definition) is 1. The zero-order valence-corrected chi connectivity index (χ0v) is 18.2. The summed E-state index contributed by atoms with van der Waals surface area (Å²) in [5.41, 5.74) is 0.909. The van der Waals surface area contributed by atoms with Gasteiger partial charge in [0, 0.05) is 5.02 Å². The highest BCUT2D eigenvalue weighted by Crippen LogP contribution is 2.46. The van der Waals surface area contributed by atoms with E-state index in [4.69, 9.17) is 27.9 Å². The van der Waals surface area contributed by atoms with Crippen molar-refractivity contribution in [3.05, 3.63) is 63.1 Å². The average Bonchev–Trinajstić information content (AvgIpc) is 3.26. The van der Waals surface area contributed by atoms with Gasteiger partial charge in [-0.3, -0.25) is 9.69 Å². The molecule has 6 nitrogen and oxygen atoms in total. The minimum Gasteiger partial charge on any atom is -0.508 e. The Balaban J connectivity index is 1.53. The number of halogens is 2. The zero-order valence-electron chi connectivity index (χ0n) is 15.1. The molecular weight excluding hydrogens is 453 g/mol. The van der Waals surface area contributed by atoms with Crippen LogP contribution in [0.15, 0.2) is 42.5 Å². The third-order valence-electron chi connectivity index (χ3n) is 4.24. The lowest BCUT2D eigenvalue weighted by atomic mass is 10.2. The van der Waals surface area contributed by atoms with Crippen molar-refractivity contribution in [1.29, 1.82) is 0 Å². The third-order valence-corrected chi connectivity index (χ3v) is 7.02. The number of benzene rings is 2. The zero-order chi connectivity index (χ0) is 20.5. The molecule has 2 atom stereocenters. The predicted molar refractivity (Wildman–Crippen MR) is 116 cm³/mol. The number of amides is 1. The van der Waals surface area contributed by atoms with Crippen LogP contribution in [0.5, 0.6) is 11.5 Å². The Morgan fingerprint density at radius 1 is 1.17 bits per heavy atom. The number of ether oxygens (including phenoxy) is 1. The number of carbonyl (C=O) groups excluding carboxylic acids is 1. The summed E-state index contributed by atoms with van der Waals surface area (Å²) in [4.78, 5) is 14.4. The van der Waals surface area contributed by atoms with Crippen molar-refractivity contribution >= 4 is 57.3 Å². The lowest BCUT2D eigenvalue weighted by Crippen LogP contribution is -2.30. The maximum Gasteiger partial charge on any atom is 0.242 e. The standard InChI is InChI=1S/C19H15Cl2N3O3S2/c1-10-17(26)24(18(28-10)11-2-5-13(25)6-3-11)19-23-22-16(29-19)9-27-15-7-4-12(20)8-14(15)21/h2-8,10,18,25H,9H2,1H3. The van der Waals surface area contributed by atoms with Gasteiger partial charge >= 0.3 is 0 Å². The van der Waals surface area contributed by atoms with Crippen LogP contribution < -0.4 is 9.64 Å². The molecule has 1 amide bonds. The van der Waals surface area contributed by atoms with Gasteiger partial charge < -0.3 is 9.84 Å². The summed E-state index contributed by atoms with van der Waals surface area (Å²) < 4.78 is 5.71. The normalized spacial score (nSPS) is 19.0. The molecule has 2 heterocycles. The molecule has 1 aliphatic heterocycles. The molecule has 10 heteroatoms. The van der Waals surface area contributed by atoms with Gasteiger partial charge in [-0.05, 0) is 42.8 Å². The predicted octanol–water partition coefficient (Wildman–Crippen LogP) is 5.30. The van der Waals surface area contributed by atoms with Crippen LogP contribution in [0.2, 0.25) is 10.0 Å². The van der Waals surface area contributed by atoms with E-state index in [1.165, 1.54) is 23.1 Å². The van der Waals surface area contributed by atoms with Crippen LogP contribution in [-0.2, 0) is 11.4 Å². The van der Waals surface area contributed by atoms with Gasteiger partial charge in [-0.25, -0.2) is 0 Å². The minimum atomic E-state index is -0.231. The van der Waals surface area contributed by atoms with Crippen molar-refractivity contribution < 1.29 is 14.6 Å². The number of carbonyl (C=O) groups is 1. The van der Waals surface area contributed by atoms with Crippen molar-refractivity contribution in [3.63, 3.8) is 0 Å². The van der Waals surface area contributed by atoms with E-state index < -0.39 is 0 Å². The van der Waals surface area contributed by atoms with E-state index in [9.17, 15) is 9.90 Å². The SMILES string of the molecule is CC1SC(c2ccc(O)cc2)N(c2nnc(COc3ccc(Cl)cc3Cl)s2)C1=O. The van der Waals surface area contributed by atoms with E-state index >= 15 is 0 Å². The molecule has 4 rings (SSSR count). The van der Waals surface area contributed by atoms with E-state index in [1.807, 2.05) is 6.92 Å². The van der Waals surface area contributed by atoms with Gasteiger partial charge in [0.05, 0.1) is 10.3 Å². The van der Waals surface area contributed by atoms with E-state index in [-0.39, 0.29) is 28.9 Å². The molecule has 0 radical (unpaired) electrons. The molecular formula is C19H15Cl2N3O3S2. The summed E-state index contributed by atoms with van der Waals surface area (Å²) in [6.07, 6.45) is 0. The largest absolute Gasteiger partial charge is 0.508 e. The van der Waals surface area contributed by atoms with Crippen LogP contribution in [0.4, 0.5) is 5.13 Å². The average molecular weight is 468 g/mol. The van der Waals surface area contributed by atoms with Crippen LogP contribution >= 0.6 is 46.3 Å². The maximum atomic E-state index is 12.8. The molecule has 3 aromatic rings. The summed E-state index contributed by atoms with van der Waals surface area (Å²) in [5, 5.41) is 19.5. The highest BCUT2D eigenvalue weighted by molar-refractivity contribution is 8.01. The summed E-state index contributed by atoms with van der Waals surface area (Å²) >= 11 is 14.8. The second-order valence-corrected chi connectivity index (χ2v) is 9.58. The number of phenolic OH excluding ortho intramolecular Hbond substituents is 1. The van der Waals surface area contributed by atoms with Gasteiger partial charge in [-0.15, -0.1) is 22.0 Å². The van der Waals surface area contributed by atoms with Crippen molar-refractivity contribution in [2.24, 2.45) is 0 Å². The Kier molecular flexibility index (Phi) is 5.87. The summed E-state index contributed by atoms with van der Waals surface area (Å²) in [5.74, 6) is 0.646. The van der Waals surface area contributed by atoms with E-state index in [0.717, 1.165) is 5.56 Å². The highest BCUT2D eigenvalue weighted by atomic mass is 35.5. The minimum absolute atomic E-state index is 0.0301. The third kappa shape index (κ3) is 4.30. The molecule has 0 spiro atoms. The number of aromatic nitrogens is 2. The molecule has 29 heavy (non-hydrogen) atoms. The smallest absolute Gasteiger partial charge is 0.242 e. The van der Waals surface area contributed by atoms with Crippen molar-refractivity contribution in [3.8, 4) is 11.5 Å². The number of nitrogens with zero attached hydrogens (tertiary/aromatic N) is 3. The first-order valence-electron chi connectivity index (χ1n) is 8.60. The van der Waals surface area contributed by atoms with Gasteiger partial charge in [0.2, 0.25) is 11.0 Å². The first kappa shape index (κ1) is 20.3. The van der Waals surface area contributed by atoms with Crippen LogP contribution in [0.25, 0.3) is 0 Å². The fourth-order valence-corrected chi connectivity index (χ4v) is 5.39. The Labute approximate surface area is 185 Å². The fourth-order valence-electron chi connectivity index (χ4n) is 2.82. The molecule has 150 valence electrons. The lowest BCUT2D eigenvalue weighted by molar-refractivity contribution is -0.117. The van der Waals surface area contributed by atoms with Crippen LogP contribution in [0.3, 0.4) is 0 Å². The second-order valence-electron chi connectivity index (χ2n) is 6.27. The van der Waals surface area contributed by atoms with Crippen LogP contribution in [-0.4, -0.2) is 26.5 Å². The number of thioether (sulfide) groups is 1. The van der Waals surface area contributed by atoms with Crippen molar-refractivity contribution in [2.45, 2.75) is 24.2 Å². The van der Waals surface area contributed by atoms with E-state index in [2.05, 4.69) is 10.2 Å². The molecule has 2 unspecified atom stereocenters. The Hall–Kier alpha value is -2.00. The molecule has 1 fully saturated rings. The second kappa shape index (κ2) is 8.39. The van der Waals surface area contributed by atoms with Gasteiger partial charge in [0.15, 0.2) is 5.01 Å². The van der Waals surface area contributed by atoms with Crippen molar-refractivity contribution in [2.75, 3.05) is 4.90 Å². The summed E-state index contributed by atoms with van der Waals surface area (Å²) in [6.45, 7) is 2.04. The van der Waals surface area contributed by atoms with Crippen molar-refractivity contribution in [1.82, 2.24) is 10.2 Å². The molecule has 1 aromatic heterocycles. The molecule has 0 bridgehead atoms. The van der Waals surface area contributed by atoms with Crippen LogP contribution in [0.1, 0.15) is 22.9 Å². The number of hydrogen-bond acceptors (Lipinski definition) is 7. The molecule has 1 aliphatic rings. The van der Waals surface area contributed by atoms with E-state index in [1.54, 1.807) is 47.4 Å². The van der Waals surface area contributed by atoms with E-state index in [0.29, 0.717) is 25.9 Å². The first-order chi connectivity index (χ1) is 13.9. The fraction of sp³-hybridized carbons (Fsp3) is 0.211. The number of aromatic hydroxyl groups is 1. The Morgan fingerprint density at radius 3 is 2.66 bits per heavy atom. The highest BCUT2D eigenvalue weighted by Gasteiger charge is 2.41. The number of phenols is 1. The quantitative estimate of drug-likeness (QED) is 0.548. The van der Waals surface area contributed by atoms with Gasteiger partial charge in [0.1, 0.15) is 23.5 Å². The maximum absolute atomic E-state index is 12.8. The van der Waals surface area contributed by atoms with Gasteiger partial charge in [-0.1, -0.05) is 46.7 Å². The monoisotopic (exact) mass is 467 g/mol. The lowest BCUT2D eigenvalue weighted by Gasteiger charge is -2.20. The topological polar surface area (TPSA) is 75.6 Å². The summed E-state index contributed by atoms with van der Waals surface area (Å²) in [7, 11) is 0. The summed E-state index contributed by atoms with van der Waals surface area (Å²) in [6, 6.07) is 11.8. The van der Waals surface area contributed by atoms with Crippen LogP contribution in [0, 0.1) is 0 Å². The Morgan fingerprint density at radius 2 is 1.93 bits per heavy atom. The first-order valence-corrected chi connectivity index (χ1v) is 11.1. The van der Waals surface area contributed by atoms with Gasteiger partial charge in [0.25, 0.3) is 0 Å². The molecule has 0 saturated carbocycles. The number of rotatable bonds is 5. The molecule has 1 saturated heterocycles.